The lowest BCUT2D eigenvalue weighted by atomic mass is 10.2. The highest BCUT2D eigenvalue weighted by molar-refractivity contribution is 5.56. The van der Waals surface area contributed by atoms with Crippen molar-refractivity contribution in [2.75, 3.05) is 17.6 Å². The van der Waals surface area contributed by atoms with Crippen LogP contribution < -0.4 is 11.1 Å². The number of nitrogens with zero attached hydrogens (tertiary/aromatic N) is 3. The van der Waals surface area contributed by atoms with E-state index < -0.39 is 4.92 Å². The second-order valence-corrected chi connectivity index (χ2v) is 3.64. The number of aliphatic hydroxyl groups is 1. The topological polar surface area (TPSA) is 127 Å². The van der Waals surface area contributed by atoms with Gasteiger partial charge in [0.05, 0.1) is 11.0 Å². The van der Waals surface area contributed by atoms with Crippen molar-refractivity contribution in [3.05, 3.63) is 16.3 Å². The summed E-state index contributed by atoms with van der Waals surface area (Å²) in [5.74, 6) is 0.0849. The van der Waals surface area contributed by atoms with E-state index in [4.69, 9.17) is 10.8 Å². The minimum absolute atomic E-state index is 0.0198. The largest absolute Gasteiger partial charge is 0.393 e. The van der Waals surface area contributed by atoms with Crippen molar-refractivity contribution in [3.63, 3.8) is 0 Å². The molecule has 0 radical (unpaired) electrons. The maximum atomic E-state index is 10.7. The third kappa shape index (κ3) is 4.19. The quantitative estimate of drug-likeness (QED) is 0.376. The molecule has 94 valence electrons. The number of nitro groups is 1. The van der Waals surface area contributed by atoms with Gasteiger partial charge in [0, 0.05) is 6.54 Å². The maximum Gasteiger partial charge on any atom is 0.329 e. The average molecular weight is 241 g/mol. The highest BCUT2D eigenvalue weighted by atomic mass is 16.6. The molecule has 0 aliphatic heterocycles. The molecule has 0 spiro atoms. The molecule has 0 bridgehead atoms. The number of hydrogen-bond acceptors (Lipinski definition) is 7. The Balaban J connectivity index is 2.62. The minimum atomic E-state index is -0.573. The summed E-state index contributed by atoms with van der Waals surface area (Å²) in [4.78, 5) is 17.4. The van der Waals surface area contributed by atoms with Crippen LogP contribution in [0.25, 0.3) is 0 Å². The van der Waals surface area contributed by atoms with Gasteiger partial charge in [0.2, 0.25) is 11.8 Å². The molecule has 4 N–H and O–H groups in total. The zero-order valence-corrected chi connectivity index (χ0v) is 9.46. The Labute approximate surface area is 98.0 Å². The Bertz CT molecular complexity index is 396. The normalized spacial score (nSPS) is 12.1. The molecule has 8 nitrogen and oxygen atoms in total. The second kappa shape index (κ2) is 5.94. The van der Waals surface area contributed by atoms with E-state index in [2.05, 4.69) is 15.3 Å². The molecule has 1 heterocycles. The van der Waals surface area contributed by atoms with Crippen LogP contribution in [0, 0.1) is 10.1 Å². The van der Waals surface area contributed by atoms with Gasteiger partial charge < -0.3 is 16.2 Å². The third-order valence-electron chi connectivity index (χ3n) is 2.08. The molecule has 1 aromatic heterocycles. The highest BCUT2D eigenvalue weighted by Crippen LogP contribution is 2.20. The summed E-state index contributed by atoms with van der Waals surface area (Å²) in [7, 11) is 0. The van der Waals surface area contributed by atoms with E-state index in [0.29, 0.717) is 19.4 Å². The van der Waals surface area contributed by atoms with E-state index in [1.54, 1.807) is 6.92 Å². The van der Waals surface area contributed by atoms with Crippen molar-refractivity contribution < 1.29 is 10.0 Å². The molecular weight excluding hydrogens is 226 g/mol. The van der Waals surface area contributed by atoms with Crippen LogP contribution in [0.3, 0.4) is 0 Å². The van der Waals surface area contributed by atoms with Gasteiger partial charge in [0.1, 0.15) is 6.20 Å². The van der Waals surface area contributed by atoms with Gasteiger partial charge in [-0.15, -0.1) is 0 Å². The smallest absolute Gasteiger partial charge is 0.329 e. The van der Waals surface area contributed by atoms with Gasteiger partial charge in [-0.3, -0.25) is 10.1 Å². The van der Waals surface area contributed by atoms with Crippen LogP contribution >= 0.6 is 0 Å². The minimum Gasteiger partial charge on any atom is -0.393 e. The number of anilines is 2. The summed E-state index contributed by atoms with van der Waals surface area (Å²) in [6.45, 7) is 2.16. The summed E-state index contributed by atoms with van der Waals surface area (Å²) in [5.41, 5.74) is 5.14. The lowest BCUT2D eigenvalue weighted by Gasteiger charge is -2.07. The summed E-state index contributed by atoms with van der Waals surface area (Å²) >= 11 is 0. The number of aromatic nitrogens is 2. The molecule has 8 heteroatoms. The van der Waals surface area contributed by atoms with E-state index in [0.717, 1.165) is 6.20 Å². The monoisotopic (exact) mass is 241 g/mol. The summed E-state index contributed by atoms with van der Waals surface area (Å²) in [5, 5.41) is 22.5. The van der Waals surface area contributed by atoms with E-state index in [1.165, 1.54) is 0 Å². The SMILES string of the molecule is CC(O)CCCNc1nc(N)ncc1[N+](=O)[O-]. The van der Waals surface area contributed by atoms with Gasteiger partial charge in [0.15, 0.2) is 0 Å². The molecule has 17 heavy (non-hydrogen) atoms. The number of rotatable bonds is 6. The molecular formula is C9H15N5O3. The number of nitrogens with two attached hydrogens (primary N) is 1. The molecule has 0 aromatic carbocycles. The Hall–Kier alpha value is -1.96. The Kier molecular flexibility index (Phi) is 4.58. The molecule has 1 atom stereocenters. The Morgan fingerprint density at radius 1 is 1.71 bits per heavy atom. The number of hydrogen-bond donors (Lipinski definition) is 3. The Morgan fingerprint density at radius 2 is 2.41 bits per heavy atom. The number of aliphatic hydroxyl groups excluding tert-OH is 1. The summed E-state index contributed by atoms with van der Waals surface area (Å²) in [6, 6.07) is 0. The zero-order chi connectivity index (χ0) is 12.8. The molecule has 1 unspecified atom stereocenters. The van der Waals surface area contributed by atoms with Crippen molar-refractivity contribution in [2.45, 2.75) is 25.9 Å². The van der Waals surface area contributed by atoms with Crippen molar-refractivity contribution in [2.24, 2.45) is 0 Å². The first kappa shape index (κ1) is 13.1. The van der Waals surface area contributed by atoms with Crippen molar-refractivity contribution in [1.82, 2.24) is 9.97 Å². The van der Waals surface area contributed by atoms with Crippen LogP contribution in [0.2, 0.25) is 0 Å². The predicted molar refractivity (Wildman–Crippen MR) is 62.5 cm³/mol. The van der Waals surface area contributed by atoms with E-state index in [1.807, 2.05) is 0 Å². The fraction of sp³-hybridized carbons (Fsp3) is 0.556. The van der Waals surface area contributed by atoms with Crippen molar-refractivity contribution in [1.29, 1.82) is 0 Å². The van der Waals surface area contributed by atoms with Crippen LogP contribution in [0.1, 0.15) is 19.8 Å². The molecule has 0 amide bonds. The lowest BCUT2D eigenvalue weighted by Crippen LogP contribution is -2.10. The number of nitrogens with one attached hydrogen (secondary N) is 1. The van der Waals surface area contributed by atoms with Gasteiger partial charge >= 0.3 is 5.69 Å². The van der Waals surface area contributed by atoms with Crippen LogP contribution in [0.4, 0.5) is 17.5 Å². The third-order valence-corrected chi connectivity index (χ3v) is 2.08. The zero-order valence-electron chi connectivity index (χ0n) is 9.46. The van der Waals surface area contributed by atoms with Gasteiger partial charge in [-0.05, 0) is 19.8 Å². The Morgan fingerprint density at radius 3 is 3.00 bits per heavy atom. The maximum absolute atomic E-state index is 10.7. The molecule has 0 saturated carbocycles. The molecule has 0 aliphatic rings. The molecule has 1 aromatic rings. The summed E-state index contributed by atoms with van der Waals surface area (Å²) in [6.07, 6.45) is 1.97. The van der Waals surface area contributed by atoms with Crippen LogP contribution in [-0.4, -0.2) is 32.6 Å². The van der Waals surface area contributed by atoms with E-state index in [9.17, 15) is 10.1 Å². The van der Waals surface area contributed by atoms with Gasteiger partial charge in [0.25, 0.3) is 0 Å². The molecule has 0 aliphatic carbocycles. The van der Waals surface area contributed by atoms with E-state index in [-0.39, 0.29) is 23.6 Å². The van der Waals surface area contributed by atoms with E-state index >= 15 is 0 Å². The lowest BCUT2D eigenvalue weighted by molar-refractivity contribution is -0.384. The van der Waals surface area contributed by atoms with Crippen molar-refractivity contribution in [3.8, 4) is 0 Å². The second-order valence-electron chi connectivity index (χ2n) is 3.64. The van der Waals surface area contributed by atoms with Crippen molar-refractivity contribution >= 4 is 17.5 Å². The highest BCUT2D eigenvalue weighted by Gasteiger charge is 2.15. The van der Waals surface area contributed by atoms with Crippen LogP contribution in [-0.2, 0) is 0 Å². The molecule has 0 fully saturated rings. The fourth-order valence-corrected chi connectivity index (χ4v) is 1.26. The van der Waals surface area contributed by atoms with Gasteiger partial charge in [-0.25, -0.2) is 4.98 Å². The molecule has 0 saturated heterocycles. The first-order chi connectivity index (χ1) is 8.00. The average Bonchev–Trinajstić information content (AvgIpc) is 2.23. The standard InChI is InChI=1S/C9H15N5O3/c1-6(15)3-2-4-11-8-7(14(16)17)5-12-9(10)13-8/h5-6,15H,2-4H2,1H3,(H3,10,11,12,13). The first-order valence-electron chi connectivity index (χ1n) is 5.19. The van der Waals surface area contributed by atoms with Crippen LogP contribution in [0.15, 0.2) is 6.20 Å². The molecule has 1 rings (SSSR count). The van der Waals surface area contributed by atoms with Gasteiger partial charge in [-0.2, -0.15) is 4.98 Å². The predicted octanol–water partition coefficient (Wildman–Crippen LogP) is 0.540. The van der Waals surface area contributed by atoms with Crippen LogP contribution in [0.5, 0.6) is 0 Å². The number of nitrogen functional groups attached to an aromatic ring is 1. The van der Waals surface area contributed by atoms with Gasteiger partial charge in [-0.1, -0.05) is 0 Å². The fourth-order valence-electron chi connectivity index (χ4n) is 1.26. The first-order valence-corrected chi connectivity index (χ1v) is 5.19. The summed E-state index contributed by atoms with van der Waals surface area (Å²) < 4.78 is 0.